The molecule has 1 amide bonds. The minimum absolute atomic E-state index is 0.312. The summed E-state index contributed by atoms with van der Waals surface area (Å²) in [6.45, 7) is 1.82. The first kappa shape index (κ1) is 7.39. The summed E-state index contributed by atoms with van der Waals surface area (Å²) in [6, 6.07) is -0.458. The van der Waals surface area contributed by atoms with Crippen molar-refractivity contribution in [1.82, 2.24) is 5.43 Å². The summed E-state index contributed by atoms with van der Waals surface area (Å²) in [5.74, 6) is 4.46. The van der Waals surface area contributed by atoms with E-state index < -0.39 is 6.04 Å². The van der Waals surface area contributed by atoms with Crippen LogP contribution in [0, 0.1) is 0 Å². The van der Waals surface area contributed by atoms with Gasteiger partial charge in [0.1, 0.15) is 0 Å². The second kappa shape index (κ2) is 3.40. The number of rotatable bonds is 2. The largest absolute Gasteiger partial charge is 0.320 e. The molecule has 0 aromatic rings. The maximum Gasteiger partial charge on any atom is 0.250 e. The second-order valence-corrected chi connectivity index (χ2v) is 1.52. The van der Waals surface area contributed by atoms with Crippen molar-refractivity contribution in [3.8, 4) is 0 Å². The van der Waals surface area contributed by atoms with Gasteiger partial charge in [-0.2, -0.15) is 0 Å². The van der Waals surface area contributed by atoms with Gasteiger partial charge in [0.15, 0.2) is 0 Å². The Hall–Kier alpha value is -0.610. The van der Waals surface area contributed by atoms with E-state index in [1.54, 1.807) is 0 Å². The van der Waals surface area contributed by atoms with Crippen LogP contribution in [-0.4, -0.2) is 11.9 Å². The van der Waals surface area contributed by atoms with E-state index in [0.29, 0.717) is 6.42 Å². The van der Waals surface area contributed by atoms with E-state index in [4.69, 9.17) is 11.6 Å². The molecule has 0 aromatic carbocycles. The first-order valence-corrected chi connectivity index (χ1v) is 2.48. The summed E-state index contributed by atoms with van der Waals surface area (Å²) in [6.07, 6.45) is 0.614. The van der Waals surface area contributed by atoms with Gasteiger partial charge in [0.2, 0.25) is 0 Å². The Balaban J connectivity index is 3.46. The number of carbonyl (C=O) groups excluding carboxylic acids is 1. The summed E-state index contributed by atoms with van der Waals surface area (Å²) in [7, 11) is 0. The Morgan fingerprint density at radius 1 is 1.88 bits per heavy atom. The molecule has 4 nitrogen and oxygen atoms in total. The van der Waals surface area contributed by atoms with Crippen molar-refractivity contribution in [2.24, 2.45) is 11.6 Å². The van der Waals surface area contributed by atoms with Crippen molar-refractivity contribution in [1.29, 1.82) is 0 Å². The Labute approximate surface area is 48.2 Å². The van der Waals surface area contributed by atoms with E-state index in [1.165, 1.54) is 0 Å². The van der Waals surface area contributed by atoms with Crippen LogP contribution in [0.3, 0.4) is 0 Å². The second-order valence-electron chi connectivity index (χ2n) is 1.52. The van der Waals surface area contributed by atoms with E-state index in [0.717, 1.165) is 0 Å². The molecule has 0 radical (unpaired) electrons. The van der Waals surface area contributed by atoms with E-state index in [1.807, 2.05) is 12.3 Å². The van der Waals surface area contributed by atoms with Crippen LogP contribution in [0.15, 0.2) is 0 Å². The lowest BCUT2D eigenvalue weighted by Crippen LogP contribution is -2.43. The predicted octanol–water partition coefficient (Wildman–Crippen LogP) is -1.29. The van der Waals surface area contributed by atoms with Gasteiger partial charge in [-0.05, 0) is 6.42 Å². The number of nitrogens with two attached hydrogens (primary N) is 2. The monoisotopic (exact) mass is 117 g/mol. The van der Waals surface area contributed by atoms with Crippen LogP contribution in [0.2, 0.25) is 0 Å². The minimum Gasteiger partial charge on any atom is -0.320 e. The quantitative estimate of drug-likeness (QED) is 0.239. The highest BCUT2D eigenvalue weighted by Crippen LogP contribution is 1.81. The molecule has 48 valence electrons. The lowest BCUT2D eigenvalue weighted by atomic mass is 10.2. The van der Waals surface area contributed by atoms with Crippen molar-refractivity contribution >= 4 is 5.91 Å². The van der Waals surface area contributed by atoms with E-state index in [-0.39, 0.29) is 5.91 Å². The van der Waals surface area contributed by atoms with Crippen molar-refractivity contribution in [3.63, 3.8) is 0 Å². The number of hydrazine groups is 1. The number of hydrogen-bond donors (Lipinski definition) is 3. The minimum atomic E-state index is -0.458. The molecule has 1 atom stereocenters. The predicted molar refractivity (Wildman–Crippen MR) is 30.6 cm³/mol. The summed E-state index contributed by atoms with van der Waals surface area (Å²) in [4.78, 5) is 10.4. The molecular weight excluding hydrogens is 106 g/mol. The molecule has 0 aliphatic rings. The molecule has 0 saturated carbocycles. The Kier molecular flexibility index (Phi) is 3.14. The van der Waals surface area contributed by atoms with Gasteiger partial charge < -0.3 is 5.73 Å². The van der Waals surface area contributed by atoms with E-state index >= 15 is 0 Å². The van der Waals surface area contributed by atoms with E-state index in [2.05, 4.69) is 0 Å². The zero-order chi connectivity index (χ0) is 6.57. The van der Waals surface area contributed by atoms with Gasteiger partial charge in [-0.3, -0.25) is 10.2 Å². The van der Waals surface area contributed by atoms with Crippen LogP contribution in [0.5, 0.6) is 0 Å². The summed E-state index contributed by atoms with van der Waals surface area (Å²) >= 11 is 0. The maximum absolute atomic E-state index is 10.4. The fourth-order valence-electron chi connectivity index (χ4n) is 0.292. The first-order chi connectivity index (χ1) is 3.72. The zero-order valence-electron chi connectivity index (χ0n) is 4.85. The molecule has 0 fully saturated rings. The average Bonchev–Trinajstić information content (AvgIpc) is 1.84. The fraction of sp³-hybridized carbons (Fsp3) is 0.750. The van der Waals surface area contributed by atoms with Gasteiger partial charge in [-0.1, -0.05) is 6.92 Å². The van der Waals surface area contributed by atoms with Gasteiger partial charge >= 0.3 is 0 Å². The van der Waals surface area contributed by atoms with Crippen molar-refractivity contribution in [2.75, 3.05) is 0 Å². The summed E-state index contributed by atoms with van der Waals surface area (Å²) < 4.78 is 0. The van der Waals surface area contributed by atoms with Gasteiger partial charge in [0.05, 0.1) is 6.04 Å². The van der Waals surface area contributed by atoms with Crippen LogP contribution >= 0.6 is 0 Å². The number of carbonyl (C=O) groups is 1. The van der Waals surface area contributed by atoms with Crippen molar-refractivity contribution in [3.05, 3.63) is 0 Å². The summed E-state index contributed by atoms with van der Waals surface area (Å²) in [5, 5.41) is 0. The highest BCUT2D eigenvalue weighted by atomic mass is 16.2. The van der Waals surface area contributed by atoms with Crippen LogP contribution in [-0.2, 0) is 4.79 Å². The Bertz CT molecular complexity index is 83.4. The molecular formula is C4H11N3O. The molecule has 0 heterocycles. The van der Waals surface area contributed by atoms with Gasteiger partial charge in [-0.25, -0.2) is 5.84 Å². The molecule has 0 aliphatic heterocycles. The molecule has 0 spiro atoms. The zero-order valence-corrected chi connectivity index (χ0v) is 4.85. The number of amides is 1. The smallest absolute Gasteiger partial charge is 0.250 e. The standard InChI is InChI=1S/C4H11N3O/c1-2-3(5)4(8)7-6/h3H,2,5-6H2,1H3,(H,7,8)/t3-/m0/s1. The fourth-order valence-corrected chi connectivity index (χ4v) is 0.292. The van der Waals surface area contributed by atoms with Gasteiger partial charge in [0, 0.05) is 0 Å². The number of hydrogen-bond acceptors (Lipinski definition) is 3. The van der Waals surface area contributed by atoms with E-state index in [9.17, 15) is 4.79 Å². The SMILES string of the molecule is CC[C@H](N)C(=O)NN. The third-order valence-electron chi connectivity index (χ3n) is 0.919. The summed E-state index contributed by atoms with van der Waals surface area (Å²) in [5.41, 5.74) is 7.19. The van der Waals surface area contributed by atoms with Crippen LogP contribution in [0.25, 0.3) is 0 Å². The van der Waals surface area contributed by atoms with Crippen molar-refractivity contribution in [2.45, 2.75) is 19.4 Å². The number of nitrogens with one attached hydrogen (secondary N) is 1. The topological polar surface area (TPSA) is 81.1 Å². The molecule has 0 aromatic heterocycles. The lowest BCUT2D eigenvalue weighted by molar-refractivity contribution is -0.122. The molecule has 0 saturated heterocycles. The lowest BCUT2D eigenvalue weighted by Gasteiger charge is -2.03. The third-order valence-corrected chi connectivity index (χ3v) is 0.919. The molecule has 0 unspecified atom stereocenters. The molecule has 0 aliphatic carbocycles. The third kappa shape index (κ3) is 1.90. The van der Waals surface area contributed by atoms with Crippen molar-refractivity contribution < 1.29 is 4.79 Å². The molecule has 4 heteroatoms. The normalized spacial score (nSPS) is 12.9. The highest BCUT2D eigenvalue weighted by molar-refractivity contribution is 5.80. The van der Waals surface area contributed by atoms with Gasteiger partial charge in [0.25, 0.3) is 5.91 Å². The molecule has 0 bridgehead atoms. The Morgan fingerprint density at radius 3 is 2.50 bits per heavy atom. The van der Waals surface area contributed by atoms with Crippen LogP contribution in [0.4, 0.5) is 0 Å². The molecule has 8 heavy (non-hydrogen) atoms. The average molecular weight is 117 g/mol. The van der Waals surface area contributed by atoms with Crippen LogP contribution < -0.4 is 17.0 Å². The Morgan fingerprint density at radius 2 is 2.38 bits per heavy atom. The molecule has 5 N–H and O–H groups in total. The highest BCUT2D eigenvalue weighted by Gasteiger charge is 2.06. The maximum atomic E-state index is 10.4. The first-order valence-electron chi connectivity index (χ1n) is 2.48. The molecule has 0 rings (SSSR count). The van der Waals surface area contributed by atoms with Crippen LogP contribution in [0.1, 0.15) is 13.3 Å². The van der Waals surface area contributed by atoms with Gasteiger partial charge in [-0.15, -0.1) is 0 Å².